The summed E-state index contributed by atoms with van der Waals surface area (Å²) in [6.45, 7) is 3.06. The Morgan fingerprint density at radius 1 is 1.58 bits per heavy atom. The molecule has 1 amide bonds. The highest BCUT2D eigenvalue weighted by Crippen LogP contribution is 2.36. The molecule has 0 aliphatic heterocycles. The van der Waals surface area contributed by atoms with E-state index in [0.29, 0.717) is 15.8 Å². The Hall–Kier alpha value is -1.74. The minimum atomic E-state index is -0.586. The zero-order valence-electron chi connectivity index (χ0n) is 10.9. The Bertz CT molecular complexity index is 531. The lowest BCUT2D eigenvalue weighted by Crippen LogP contribution is -2.17. The zero-order chi connectivity index (χ0) is 14.0. The van der Waals surface area contributed by atoms with Crippen LogP contribution in [0.4, 0.5) is 10.7 Å². The largest absolute Gasteiger partial charge is 0.396 e. The monoisotopic (exact) mass is 278 g/mol. The van der Waals surface area contributed by atoms with E-state index >= 15 is 0 Å². The number of nitrogens with two attached hydrogens (primary N) is 2. The van der Waals surface area contributed by atoms with Gasteiger partial charge in [-0.05, 0) is 24.7 Å². The van der Waals surface area contributed by atoms with E-state index < -0.39 is 5.91 Å². The molecule has 102 valence electrons. The first-order valence-electron chi connectivity index (χ1n) is 6.39. The summed E-state index contributed by atoms with van der Waals surface area (Å²) in [4.78, 5) is 11.8. The molecule has 1 aromatic heterocycles. The van der Waals surface area contributed by atoms with Gasteiger partial charge in [0.25, 0.3) is 5.91 Å². The molecule has 1 aliphatic rings. The number of hydrogen-bond acceptors (Lipinski definition) is 5. The average molecular weight is 278 g/mol. The molecule has 1 aliphatic carbocycles. The molecule has 6 heteroatoms. The molecular weight excluding hydrogens is 260 g/mol. The number of hydrogen-bond donors (Lipinski definition) is 3. The second kappa shape index (κ2) is 5.49. The van der Waals surface area contributed by atoms with Crippen LogP contribution in [0.3, 0.4) is 0 Å². The molecule has 2 atom stereocenters. The zero-order valence-corrected chi connectivity index (χ0v) is 11.7. The van der Waals surface area contributed by atoms with Crippen LogP contribution in [-0.2, 0) is 0 Å². The predicted molar refractivity (Wildman–Crippen MR) is 77.0 cm³/mol. The molecule has 1 heterocycles. The third-order valence-electron chi connectivity index (χ3n) is 3.65. The molecule has 5 nitrogen and oxygen atoms in total. The number of nitrogen functional groups attached to an aromatic ring is 1. The molecule has 5 N–H and O–H groups in total. The Morgan fingerprint density at radius 2 is 2.32 bits per heavy atom. The number of nitrogens with one attached hydrogen (secondary N) is 1. The van der Waals surface area contributed by atoms with Gasteiger partial charge in [0.2, 0.25) is 0 Å². The lowest BCUT2D eigenvalue weighted by molar-refractivity contribution is 0.100. The normalized spacial score (nSPS) is 22.1. The van der Waals surface area contributed by atoms with Gasteiger partial charge in [0, 0.05) is 6.54 Å². The summed E-state index contributed by atoms with van der Waals surface area (Å²) in [5.41, 5.74) is 11.5. The van der Waals surface area contributed by atoms with Crippen molar-refractivity contribution < 1.29 is 4.79 Å². The van der Waals surface area contributed by atoms with Crippen LogP contribution in [0.5, 0.6) is 0 Å². The van der Waals surface area contributed by atoms with E-state index in [1.807, 2.05) is 6.07 Å². The number of anilines is 2. The van der Waals surface area contributed by atoms with Gasteiger partial charge in [-0.2, -0.15) is 5.26 Å². The predicted octanol–water partition coefficient (Wildman–Crippen LogP) is 2.15. The minimum absolute atomic E-state index is 0.197. The van der Waals surface area contributed by atoms with Gasteiger partial charge in [0.1, 0.15) is 15.9 Å². The van der Waals surface area contributed by atoms with Crippen molar-refractivity contribution in [3.63, 3.8) is 0 Å². The molecular formula is C13H18N4OS. The Labute approximate surface area is 116 Å². The number of amides is 1. The van der Waals surface area contributed by atoms with Crippen molar-refractivity contribution in [3.05, 3.63) is 10.4 Å². The van der Waals surface area contributed by atoms with E-state index in [2.05, 4.69) is 12.2 Å². The highest BCUT2D eigenvalue weighted by molar-refractivity contribution is 7.17. The van der Waals surface area contributed by atoms with Gasteiger partial charge in [-0.3, -0.25) is 4.79 Å². The van der Waals surface area contributed by atoms with Crippen LogP contribution >= 0.6 is 11.3 Å². The summed E-state index contributed by atoms with van der Waals surface area (Å²) in [7, 11) is 0. The second-order valence-electron chi connectivity index (χ2n) is 5.19. The van der Waals surface area contributed by atoms with Crippen LogP contribution in [0.2, 0.25) is 0 Å². The molecule has 0 bridgehead atoms. The van der Waals surface area contributed by atoms with E-state index in [4.69, 9.17) is 16.7 Å². The maximum atomic E-state index is 11.4. The molecule has 0 spiro atoms. The van der Waals surface area contributed by atoms with Crippen molar-refractivity contribution in [3.8, 4) is 6.07 Å². The number of thiophene rings is 1. The first-order chi connectivity index (χ1) is 9.02. The smallest absolute Gasteiger partial charge is 0.253 e. The molecule has 2 rings (SSSR count). The van der Waals surface area contributed by atoms with Crippen molar-refractivity contribution in [1.82, 2.24) is 0 Å². The highest BCUT2D eigenvalue weighted by Gasteiger charge is 2.24. The number of nitriles is 1. The maximum Gasteiger partial charge on any atom is 0.253 e. The third-order valence-corrected chi connectivity index (χ3v) is 4.72. The second-order valence-corrected chi connectivity index (χ2v) is 6.21. The van der Waals surface area contributed by atoms with Crippen LogP contribution in [0.15, 0.2) is 0 Å². The lowest BCUT2D eigenvalue weighted by Gasteiger charge is -2.11. The van der Waals surface area contributed by atoms with Crippen LogP contribution in [0, 0.1) is 23.2 Å². The first-order valence-corrected chi connectivity index (χ1v) is 7.20. The lowest BCUT2D eigenvalue weighted by atomic mass is 10.1. The fourth-order valence-electron chi connectivity index (χ4n) is 2.64. The number of rotatable bonds is 4. The van der Waals surface area contributed by atoms with Crippen LogP contribution < -0.4 is 16.8 Å². The van der Waals surface area contributed by atoms with Gasteiger partial charge >= 0.3 is 0 Å². The molecule has 1 aromatic rings. The van der Waals surface area contributed by atoms with E-state index in [1.165, 1.54) is 30.6 Å². The topological polar surface area (TPSA) is 105 Å². The van der Waals surface area contributed by atoms with E-state index in [0.717, 1.165) is 12.5 Å². The van der Waals surface area contributed by atoms with Crippen LogP contribution in [0.1, 0.15) is 41.4 Å². The van der Waals surface area contributed by atoms with E-state index in [9.17, 15) is 4.79 Å². The molecule has 2 unspecified atom stereocenters. The van der Waals surface area contributed by atoms with Gasteiger partial charge in [0.05, 0.1) is 11.3 Å². The molecule has 1 saturated carbocycles. The quantitative estimate of drug-likeness (QED) is 0.784. The number of carbonyl (C=O) groups excluding carboxylic acids is 1. The van der Waals surface area contributed by atoms with Crippen LogP contribution in [-0.4, -0.2) is 12.5 Å². The fraction of sp³-hybridized carbons (Fsp3) is 0.538. The van der Waals surface area contributed by atoms with Gasteiger partial charge in [0.15, 0.2) is 0 Å². The summed E-state index contributed by atoms with van der Waals surface area (Å²) < 4.78 is 0. The van der Waals surface area contributed by atoms with Gasteiger partial charge in [-0.1, -0.05) is 13.3 Å². The maximum absolute atomic E-state index is 11.4. The standard InChI is InChI=1S/C13H18N4OS/c1-7-2-3-8(4-7)6-17-13-10(12(16)18)11(15)9(5-14)19-13/h7-8,17H,2-4,6,15H2,1H3,(H2,16,18). The number of carbonyl (C=O) groups is 1. The average Bonchev–Trinajstić information content (AvgIpc) is 2.90. The summed E-state index contributed by atoms with van der Waals surface area (Å²) in [5.74, 6) is 0.799. The summed E-state index contributed by atoms with van der Waals surface area (Å²) in [6, 6.07) is 1.99. The fourth-order valence-corrected chi connectivity index (χ4v) is 3.57. The number of nitrogens with zero attached hydrogens (tertiary/aromatic N) is 1. The summed E-state index contributed by atoms with van der Waals surface area (Å²) in [6.07, 6.45) is 3.65. The SMILES string of the molecule is CC1CCC(CNc2sc(C#N)c(N)c2C(N)=O)C1. The Kier molecular flexibility index (Phi) is 3.96. The number of primary amides is 1. The van der Waals surface area contributed by atoms with E-state index in [1.54, 1.807) is 0 Å². The van der Waals surface area contributed by atoms with Crippen molar-refractivity contribution in [2.45, 2.75) is 26.2 Å². The van der Waals surface area contributed by atoms with Crippen molar-refractivity contribution in [1.29, 1.82) is 5.26 Å². The van der Waals surface area contributed by atoms with Crippen LogP contribution in [0.25, 0.3) is 0 Å². The highest BCUT2D eigenvalue weighted by atomic mass is 32.1. The Balaban J connectivity index is 2.12. The molecule has 0 aromatic carbocycles. The summed E-state index contributed by atoms with van der Waals surface area (Å²) >= 11 is 1.20. The molecule has 1 fully saturated rings. The molecule has 0 radical (unpaired) electrons. The van der Waals surface area contributed by atoms with Crippen molar-refractivity contribution in [2.24, 2.45) is 17.6 Å². The van der Waals surface area contributed by atoms with Gasteiger partial charge in [-0.25, -0.2) is 0 Å². The molecule has 19 heavy (non-hydrogen) atoms. The van der Waals surface area contributed by atoms with Gasteiger partial charge < -0.3 is 16.8 Å². The summed E-state index contributed by atoms with van der Waals surface area (Å²) in [5, 5.41) is 12.8. The first kappa shape index (κ1) is 13.7. The third kappa shape index (κ3) is 2.82. The van der Waals surface area contributed by atoms with E-state index in [-0.39, 0.29) is 11.3 Å². The van der Waals surface area contributed by atoms with Crippen molar-refractivity contribution in [2.75, 3.05) is 17.6 Å². The Morgan fingerprint density at radius 3 is 2.84 bits per heavy atom. The van der Waals surface area contributed by atoms with Gasteiger partial charge in [-0.15, -0.1) is 11.3 Å². The van der Waals surface area contributed by atoms with Crippen molar-refractivity contribution >= 4 is 27.9 Å². The molecule has 0 saturated heterocycles. The minimum Gasteiger partial charge on any atom is -0.396 e.